The average molecular weight is 312 g/mol. The first-order valence-electron chi connectivity index (χ1n) is 7.29. The van der Waals surface area contributed by atoms with Crippen molar-refractivity contribution in [2.24, 2.45) is 0 Å². The molecule has 1 atom stereocenters. The van der Waals surface area contributed by atoms with E-state index in [0.29, 0.717) is 12.6 Å². The van der Waals surface area contributed by atoms with Crippen molar-refractivity contribution < 1.29 is 13.5 Å². The summed E-state index contributed by atoms with van der Waals surface area (Å²) >= 11 is 0. The van der Waals surface area contributed by atoms with E-state index in [-0.39, 0.29) is 18.4 Å². The highest BCUT2D eigenvalue weighted by Crippen LogP contribution is 2.26. The van der Waals surface area contributed by atoms with Crippen molar-refractivity contribution in [1.82, 2.24) is 9.62 Å². The van der Waals surface area contributed by atoms with E-state index in [4.69, 9.17) is 5.11 Å². The van der Waals surface area contributed by atoms with Gasteiger partial charge in [0, 0.05) is 18.6 Å². The zero-order chi connectivity index (χ0) is 15.5. The molecule has 0 spiro atoms. The van der Waals surface area contributed by atoms with Crippen molar-refractivity contribution in [2.75, 3.05) is 13.6 Å². The van der Waals surface area contributed by atoms with E-state index in [1.807, 2.05) is 14.0 Å². The van der Waals surface area contributed by atoms with Gasteiger partial charge in [0.05, 0.1) is 12.4 Å². The summed E-state index contributed by atoms with van der Waals surface area (Å²) in [6.45, 7) is 2.44. The molecule has 1 saturated carbocycles. The number of hydrogen-bond donors (Lipinski definition) is 2. The molecule has 1 aliphatic carbocycles. The number of benzene rings is 1. The van der Waals surface area contributed by atoms with Gasteiger partial charge in [-0.1, -0.05) is 24.3 Å². The standard InChI is InChI=1S/C15H24N2O3S/c1-12(17(2)15-7-8-15)9-16-21(19,20)11-14-5-3-13(10-18)4-6-14/h3-6,12,15-16,18H,7-11H2,1-2H3. The Kier molecular flexibility index (Phi) is 5.37. The molecule has 1 aromatic rings. The molecule has 0 aliphatic heterocycles. The third kappa shape index (κ3) is 5.07. The van der Waals surface area contributed by atoms with Crippen LogP contribution in [0.5, 0.6) is 0 Å². The molecule has 1 unspecified atom stereocenters. The Morgan fingerprint density at radius 3 is 2.38 bits per heavy atom. The Balaban J connectivity index is 1.85. The summed E-state index contributed by atoms with van der Waals surface area (Å²) in [4.78, 5) is 2.23. The number of aliphatic hydroxyl groups is 1. The molecule has 118 valence electrons. The summed E-state index contributed by atoms with van der Waals surface area (Å²) < 4.78 is 26.9. The second-order valence-electron chi connectivity index (χ2n) is 5.83. The molecular formula is C15H24N2O3S. The minimum absolute atomic E-state index is 0.0292. The highest BCUT2D eigenvalue weighted by Gasteiger charge is 2.29. The summed E-state index contributed by atoms with van der Waals surface area (Å²) in [7, 11) is -1.28. The van der Waals surface area contributed by atoms with Gasteiger partial charge >= 0.3 is 0 Å². The van der Waals surface area contributed by atoms with Gasteiger partial charge in [0.25, 0.3) is 0 Å². The zero-order valence-corrected chi connectivity index (χ0v) is 13.4. The van der Waals surface area contributed by atoms with Gasteiger partial charge in [0.15, 0.2) is 0 Å². The second-order valence-corrected chi connectivity index (χ2v) is 7.63. The first kappa shape index (κ1) is 16.4. The van der Waals surface area contributed by atoms with Crippen molar-refractivity contribution in [3.05, 3.63) is 35.4 Å². The third-order valence-electron chi connectivity index (χ3n) is 3.98. The average Bonchev–Trinajstić information content (AvgIpc) is 3.29. The molecule has 5 nitrogen and oxygen atoms in total. The van der Waals surface area contributed by atoms with Crippen LogP contribution in [0.2, 0.25) is 0 Å². The summed E-state index contributed by atoms with van der Waals surface area (Å²) in [5.74, 6) is -0.0292. The van der Waals surface area contributed by atoms with E-state index in [0.717, 1.165) is 11.1 Å². The monoisotopic (exact) mass is 312 g/mol. The lowest BCUT2D eigenvalue weighted by Crippen LogP contribution is -2.41. The zero-order valence-electron chi connectivity index (χ0n) is 12.6. The van der Waals surface area contributed by atoms with E-state index < -0.39 is 10.0 Å². The van der Waals surface area contributed by atoms with Crippen LogP contribution < -0.4 is 4.72 Å². The van der Waals surface area contributed by atoms with Crippen molar-refractivity contribution in [2.45, 2.75) is 44.2 Å². The lowest BCUT2D eigenvalue weighted by Gasteiger charge is -2.24. The molecular weight excluding hydrogens is 288 g/mol. The van der Waals surface area contributed by atoms with Crippen molar-refractivity contribution in [3.63, 3.8) is 0 Å². The number of rotatable bonds is 8. The van der Waals surface area contributed by atoms with Gasteiger partial charge in [-0.05, 0) is 37.9 Å². The highest BCUT2D eigenvalue weighted by atomic mass is 32.2. The molecule has 0 radical (unpaired) electrons. The van der Waals surface area contributed by atoms with Crippen LogP contribution in [-0.4, -0.2) is 44.1 Å². The maximum atomic E-state index is 12.1. The Labute approximate surface area is 127 Å². The van der Waals surface area contributed by atoms with Gasteiger partial charge in [-0.25, -0.2) is 13.1 Å². The molecule has 2 rings (SSSR count). The summed E-state index contributed by atoms with van der Waals surface area (Å²) in [5, 5.41) is 8.97. The number of hydrogen-bond acceptors (Lipinski definition) is 4. The largest absolute Gasteiger partial charge is 0.392 e. The molecule has 0 aromatic heterocycles. The number of likely N-dealkylation sites (N-methyl/N-ethyl adjacent to an activating group) is 1. The van der Waals surface area contributed by atoms with Crippen LogP contribution in [0.4, 0.5) is 0 Å². The molecule has 0 saturated heterocycles. The minimum Gasteiger partial charge on any atom is -0.392 e. The Morgan fingerprint density at radius 2 is 1.86 bits per heavy atom. The van der Waals surface area contributed by atoms with Gasteiger partial charge in [0.1, 0.15) is 0 Å². The van der Waals surface area contributed by atoms with Crippen LogP contribution in [0.3, 0.4) is 0 Å². The van der Waals surface area contributed by atoms with Crippen LogP contribution in [0.25, 0.3) is 0 Å². The number of aliphatic hydroxyl groups excluding tert-OH is 1. The van der Waals surface area contributed by atoms with Crippen molar-refractivity contribution in [3.8, 4) is 0 Å². The molecule has 1 aromatic carbocycles. The van der Waals surface area contributed by atoms with Crippen LogP contribution in [-0.2, 0) is 22.4 Å². The van der Waals surface area contributed by atoms with Crippen molar-refractivity contribution >= 4 is 10.0 Å². The first-order valence-corrected chi connectivity index (χ1v) is 8.94. The highest BCUT2D eigenvalue weighted by molar-refractivity contribution is 7.88. The fourth-order valence-corrected chi connectivity index (χ4v) is 3.47. The first-order chi connectivity index (χ1) is 9.91. The summed E-state index contributed by atoms with van der Waals surface area (Å²) in [6.07, 6.45) is 2.43. The van der Waals surface area contributed by atoms with Crippen molar-refractivity contribution in [1.29, 1.82) is 0 Å². The number of sulfonamides is 1. The second kappa shape index (κ2) is 6.87. The molecule has 2 N–H and O–H groups in total. The van der Waals surface area contributed by atoms with E-state index in [1.54, 1.807) is 24.3 Å². The van der Waals surface area contributed by atoms with E-state index in [9.17, 15) is 8.42 Å². The molecule has 0 heterocycles. The molecule has 1 aliphatic rings. The quantitative estimate of drug-likeness (QED) is 0.754. The summed E-state index contributed by atoms with van der Waals surface area (Å²) in [5.41, 5.74) is 1.51. The van der Waals surface area contributed by atoms with Crippen LogP contribution in [0.1, 0.15) is 30.9 Å². The number of nitrogens with one attached hydrogen (secondary N) is 1. The fraction of sp³-hybridized carbons (Fsp3) is 0.600. The molecule has 0 amide bonds. The molecule has 0 bridgehead atoms. The normalized spacial score (nSPS) is 17.1. The predicted octanol–water partition coefficient (Wildman–Crippen LogP) is 1.08. The minimum atomic E-state index is -3.33. The Bertz CT molecular complexity index is 553. The SMILES string of the molecule is CC(CNS(=O)(=O)Cc1ccc(CO)cc1)N(C)C1CC1. The lowest BCUT2D eigenvalue weighted by molar-refractivity contribution is 0.248. The predicted molar refractivity (Wildman–Crippen MR) is 83.2 cm³/mol. The maximum absolute atomic E-state index is 12.1. The van der Waals surface area contributed by atoms with E-state index in [1.165, 1.54) is 12.8 Å². The summed E-state index contributed by atoms with van der Waals surface area (Å²) in [6, 6.07) is 7.79. The van der Waals surface area contributed by atoms with Gasteiger partial charge in [-0.2, -0.15) is 0 Å². The van der Waals surface area contributed by atoms with Crippen LogP contribution in [0, 0.1) is 0 Å². The fourth-order valence-electron chi connectivity index (χ4n) is 2.24. The van der Waals surface area contributed by atoms with E-state index in [2.05, 4.69) is 9.62 Å². The van der Waals surface area contributed by atoms with Gasteiger partial charge in [-0.15, -0.1) is 0 Å². The van der Waals surface area contributed by atoms with Crippen LogP contribution >= 0.6 is 0 Å². The van der Waals surface area contributed by atoms with Gasteiger partial charge < -0.3 is 5.11 Å². The Hall–Kier alpha value is -0.950. The third-order valence-corrected chi connectivity index (χ3v) is 5.30. The van der Waals surface area contributed by atoms with E-state index >= 15 is 0 Å². The number of nitrogens with zero attached hydrogens (tertiary/aromatic N) is 1. The topological polar surface area (TPSA) is 69.6 Å². The van der Waals surface area contributed by atoms with Gasteiger partial charge in [0.2, 0.25) is 10.0 Å². The smallest absolute Gasteiger partial charge is 0.215 e. The molecule has 6 heteroatoms. The maximum Gasteiger partial charge on any atom is 0.215 e. The van der Waals surface area contributed by atoms with Crippen LogP contribution in [0.15, 0.2) is 24.3 Å². The molecule has 21 heavy (non-hydrogen) atoms. The lowest BCUT2D eigenvalue weighted by atomic mass is 10.2. The van der Waals surface area contributed by atoms with Gasteiger partial charge in [-0.3, -0.25) is 4.90 Å². The molecule has 1 fully saturated rings. The Morgan fingerprint density at radius 1 is 1.29 bits per heavy atom.